The molecule has 4 rings (SSSR count). The molecule has 0 aromatic heterocycles. The van der Waals surface area contributed by atoms with Crippen molar-refractivity contribution in [2.24, 2.45) is 0 Å². The molecule has 0 saturated carbocycles. The summed E-state index contributed by atoms with van der Waals surface area (Å²) in [5.74, 6) is -1.40. The zero-order valence-corrected chi connectivity index (χ0v) is 24.1. The van der Waals surface area contributed by atoms with Gasteiger partial charge in [0, 0.05) is 19.5 Å². The van der Waals surface area contributed by atoms with Crippen molar-refractivity contribution in [1.29, 1.82) is 0 Å². The van der Waals surface area contributed by atoms with Gasteiger partial charge in [-0.15, -0.1) is 0 Å². The molecular weight excluding hydrogens is 554 g/mol. The summed E-state index contributed by atoms with van der Waals surface area (Å²) >= 11 is 0. The highest BCUT2D eigenvalue weighted by atomic mass is 32.2. The molecule has 9 nitrogen and oxygen atoms in total. The van der Waals surface area contributed by atoms with Crippen molar-refractivity contribution in [3.63, 3.8) is 0 Å². The van der Waals surface area contributed by atoms with Gasteiger partial charge in [-0.3, -0.25) is 9.59 Å². The lowest BCUT2D eigenvalue weighted by Crippen LogP contribution is -2.56. The molecule has 42 heavy (non-hydrogen) atoms. The number of ether oxygens (including phenoxy) is 1. The van der Waals surface area contributed by atoms with E-state index in [0.717, 1.165) is 11.1 Å². The number of hydrogen-bond donors (Lipinski definition) is 2. The summed E-state index contributed by atoms with van der Waals surface area (Å²) in [5, 5.41) is 5.55. The minimum atomic E-state index is -4.19. The number of sulfone groups is 1. The molecule has 1 aliphatic heterocycles. The standard InChI is InChI=1S/C32H35N3O6S/c1-24(42(39,40)27-15-9-4-10-16-27)30(36)28(18-17-25-11-5-2-6-12-25)33-31(37)29(23-26-13-7-3-8-14-26)34-32(38)35-19-21-41-22-20-35/h2-16,28-29H,1,17-23H2,(H,33,37)(H,34,38)/t28-,29-/m0/s1. The molecule has 1 saturated heterocycles. The molecule has 1 fully saturated rings. The van der Waals surface area contributed by atoms with E-state index in [9.17, 15) is 22.8 Å². The van der Waals surface area contributed by atoms with E-state index in [1.54, 1.807) is 23.1 Å². The highest BCUT2D eigenvalue weighted by Crippen LogP contribution is 2.21. The van der Waals surface area contributed by atoms with Gasteiger partial charge in [0.25, 0.3) is 0 Å². The fourth-order valence-electron chi connectivity index (χ4n) is 4.63. The van der Waals surface area contributed by atoms with Gasteiger partial charge in [-0.2, -0.15) is 0 Å². The van der Waals surface area contributed by atoms with Crippen LogP contribution in [0.15, 0.2) is 107 Å². The molecule has 0 spiro atoms. The summed E-state index contributed by atoms with van der Waals surface area (Å²) in [6, 6.07) is 23.5. The van der Waals surface area contributed by atoms with Crippen LogP contribution in [0.5, 0.6) is 0 Å². The number of rotatable bonds is 12. The number of urea groups is 1. The first-order chi connectivity index (χ1) is 20.3. The van der Waals surface area contributed by atoms with Crippen molar-refractivity contribution in [2.75, 3.05) is 26.3 Å². The number of carbonyl (C=O) groups excluding carboxylic acids is 3. The number of nitrogens with zero attached hydrogens (tertiary/aromatic N) is 1. The van der Waals surface area contributed by atoms with E-state index < -0.39 is 44.5 Å². The number of aryl methyl sites for hydroxylation is 1. The van der Waals surface area contributed by atoms with Crippen LogP contribution in [-0.4, -0.2) is 69.4 Å². The molecule has 0 radical (unpaired) electrons. The van der Waals surface area contributed by atoms with Crippen LogP contribution in [0.2, 0.25) is 0 Å². The molecule has 1 aliphatic rings. The van der Waals surface area contributed by atoms with Gasteiger partial charge in [0.2, 0.25) is 15.7 Å². The van der Waals surface area contributed by atoms with Crippen molar-refractivity contribution in [3.05, 3.63) is 114 Å². The molecule has 0 unspecified atom stereocenters. The van der Waals surface area contributed by atoms with E-state index in [1.807, 2.05) is 60.7 Å². The molecule has 220 valence electrons. The Balaban J connectivity index is 1.57. The van der Waals surface area contributed by atoms with Crippen LogP contribution in [0, 0.1) is 0 Å². The van der Waals surface area contributed by atoms with E-state index >= 15 is 0 Å². The molecular formula is C32H35N3O6S. The fraction of sp³-hybridized carbons (Fsp3) is 0.281. The first-order valence-electron chi connectivity index (χ1n) is 13.8. The smallest absolute Gasteiger partial charge is 0.318 e. The van der Waals surface area contributed by atoms with Gasteiger partial charge in [-0.05, 0) is 36.1 Å². The Morgan fingerprint density at radius 3 is 1.93 bits per heavy atom. The number of benzene rings is 3. The maximum absolute atomic E-state index is 13.7. The molecule has 10 heteroatoms. The van der Waals surface area contributed by atoms with Crippen molar-refractivity contribution in [2.45, 2.75) is 36.2 Å². The predicted octanol–water partition coefficient (Wildman–Crippen LogP) is 3.31. The van der Waals surface area contributed by atoms with Gasteiger partial charge in [0.05, 0.1) is 24.2 Å². The molecule has 2 atom stereocenters. The summed E-state index contributed by atoms with van der Waals surface area (Å²) < 4.78 is 31.8. The number of hydrogen-bond acceptors (Lipinski definition) is 6. The molecule has 2 N–H and O–H groups in total. The van der Waals surface area contributed by atoms with Crippen LogP contribution in [-0.2, 0) is 37.0 Å². The number of amides is 3. The van der Waals surface area contributed by atoms with Crippen molar-refractivity contribution < 1.29 is 27.5 Å². The van der Waals surface area contributed by atoms with Gasteiger partial charge >= 0.3 is 6.03 Å². The van der Waals surface area contributed by atoms with Crippen LogP contribution in [0.4, 0.5) is 4.79 Å². The van der Waals surface area contributed by atoms with Gasteiger partial charge in [0.15, 0.2) is 5.78 Å². The minimum absolute atomic E-state index is 0.0591. The average Bonchev–Trinajstić information content (AvgIpc) is 3.03. The molecule has 3 aromatic rings. The first kappa shape index (κ1) is 30.7. The van der Waals surface area contributed by atoms with E-state index in [2.05, 4.69) is 17.2 Å². The topological polar surface area (TPSA) is 122 Å². The Hall–Kier alpha value is -4.28. The minimum Gasteiger partial charge on any atom is -0.378 e. The maximum Gasteiger partial charge on any atom is 0.318 e. The van der Waals surface area contributed by atoms with Crippen molar-refractivity contribution in [3.8, 4) is 0 Å². The summed E-state index contributed by atoms with van der Waals surface area (Å²) in [6.07, 6.45) is 0.707. The fourth-order valence-corrected chi connectivity index (χ4v) is 5.84. The Labute approximate surface area is 246 Å². The number of ketones is 1. The summed E-state index contributed by atoms with van der Waals surface area (Å²) in [6.45, 7) is 5.21. The number of morpholine rings is 1. The lowest BCUT2D eigenvalue weighted by atomic mass is 10.0. The quantitative estimate of drug-likeness (QED) is 0.313. The Kier molecular flexibility index (Phi) is 10.6. The Morgan fingerprint density at radius 1 is 0.786 bits per heavy atom. The van der Waals surface area contributed by atoms with Gasteiger partial charge in [-0.1, -0.05) is 85.4 Å². The van der Waals surface area contributed by atoms with E-state index in [4.69, 9.17) is 4.74 Å². The number of Topliss-reactive ketones (excluding diaryl/α,β-unsaturated/α-hetero) is 1. The van der Waals surface area contributed by atoms with E-state index in [0.29, 0.717) is 32.7 Å². The maximum atomic E-state index is 13.7. The van der Waals surface area contributed by atoms with Crippen LogP contribution in [0.1, 0.15) is 17.5 Å². The Morgan fingerprint density at radius 2 is 1.33 bits per heavy atom. The molecule has 1 heterocycles. The van der Waals surface area contributed by atoms with Crippen LogP contribution < -0.4 is 10.6 Å². The van der Waals surface area contributed by atoms with Crippen LogP contribution in [0.3, 0.4) is 0 Å². The summed E-state index contributed by atoms with van der Waals surface area (Å²) in [4.78, 5) is 41.4. The molecule has 3 aromatic carbocycles. The van der Waals surface area contributed by atoms with Crippen molar-refractivity contribution in [1.82, 2.24) is 15.5 Å². The van der Waals surface area contributed by atoms with E-state index in [1.165, 1.54) is 12.1 Å². The monoisotopic (exact) mass is 589 g/mol. The van der Waals surface area contributed by atoms with Gasteiger partial charge in [-0.25, -0.2) is 13.2 Å². The zero-order chi connectivity index (χ0) is 30.0. The zero-order valence-electron chi connectivity index (χ0n) is 23.3. The summed E-state index contributed by atoms with van der Waals surface area (Å²) in [7, 11) is -4.19. The average molecular weight is 590 g/mol. The molecule has 3 amide bonds. The van der Waals surface area contributed by atoms with Crippen LogP contribution >= 0.6 is 0 Å². The SMILES string of the molecule is C=C(C(=O)[C@H](CCc1ccccc1)NC(=O)[C@H](Cc1ccccc1)NC(=O)N1CCOCC1)S(=O)(=O)c1ccccc1. The predicted molar refractivity (Wildman–Crippen MR) is 159 cm³/mol. The largest absolute Gasteiger partial charge is 0.378 e. The van der Waals surface area contributed by atoms with Crippen molar-refractivity contribution >= 4 is 27.6 Å². The number of nitrogens with one attached hydrogen (secondary N) is 2. The first-order valence-corrected chi connectivity index (χ1v) is 15.3. The second-order valence-corrected chi connectivity index (χ2v) is 12.0. The Bertz CT molecular complexity index is 1470. The molecule has 0 aliphatic carbocycles. The third-order valence-electron chi connectivity index (χ3n) is 7.05. The lowest BCUT2D eigenvalue weighted by Gasteiger charge is -2.29. The third kappa shape index (κ3) is 8.14. The van der Waals surface area contributed by atoms with Crippen LogP contribution in [0.25, 0.3) is 0 Å². The highest BCUT2D eigenvalue weighted by Gasteiger charge is 2.33. The second kappa shape index (κ2) is 14.6. The number of carbonyl (C=O) groups is 3. The highest BCUT2D eigenvalue weighted by molar-refractivity contribution is 7.96. The second-order valence-electron chi connectivity index (χ2n) is 9.98. The van der Waals surface area contributed by atoms with Gasteiger partial charge < -0.3 is 20.3 Å². The summed E-state index contributed by atoms with van der Waals surface area (Å²) in [5.41, 5.74) is 1.73. The third-order valence-corrected chi connectivity index (χ3v) is 8.79. The van der Waals surface area contributed by atoms with Gasteiger partial charge in [0.1, 0.15) is 10.9 Å². The normalized spacial score (nSPS) is 14.8. The lowest BCUT2D eigenvalue weighted by molar-refractivity contribution is -0.127. The van der Waals surface area contributed by atoms with E-state index in [-0.39, 0.29) is 17.7 Å². The molecule has 0 bridgehead atoms.